The van der Waals surface area contributed by atoms with Gasteiger partial charge in [-0.25, -0.2) is 19.9 Å². The number of rotatable bonds is 4. The Hall–Kier alpha value is -4.71. The molecule has 0 aromatic carbocycles. The molecular formula is C23H20N12. The molecule has 0 unspecified atom stereocenters. The predicted molar refractivity (Wildman–Crippen MR) is 130 cm³/mol. The second-order valence-electron chi connectivity index (χ2n) is 8.65. The summed E-state index contributed by atoms with van der Waals surface area (Å²) in [6.07, 6.45) is 8.82. The number of aromatic nitrogens is 10. The average molecular weight is 464 g/mol. The molecule has 12 heteroatoms. The van der Waals surface area contributed by atoms with Crippen LogP contribution >= 0.6 is 0 Å². The van der Waals surface area contributed by atoms with Gasteiger partial charge in [-0.3, -0.25) is 15.1 Å². The van der Waals surface area contributed by atoms with Gasteiger partial charge in [0.25, 0.3) is 0 Å². The van der Waals surface area contributed by atoms with E-state index in [1.54, 1.807) is 24.8 Å². The van der Waals surface area contributed by atoms with Crippen LogP contribution in [-0.4, -0.2) is 69.2 Å². The van der Waals surface area contributed by atoms with Crippen molar-refractivity contribution in [3.05, 3.63) is 48.8 Å². The summed E-state index contributed by atoms with van der Waals surface area (Å²) in [5, 5.41) is 8.32. The molecule has 0 aliphatic carbocycles. The molecule has 12 nitrogen and oxygen atoms in total. The molecule has 1 aliphatic heterocycles. The fraction of sp³-hybridized carbons (Fsp3) is 0.174. The maximum absolute atomic E-state index is 5.92. The number of nitrogens with one attached hydrogen (secondary N) is 3. The van der Waals surface area contributed by atoms with Gasteiger partial charge in [-0.2, -0.15) is 5.10 Å². The van der Waals surface area contributed by atoms with Gasteiger partial charge in [-0.15, -0.1) is 0 Å². The summed E-state index contributed by atoms with van der Waals surface area (Å²) in [5.41, 5.74) is 11.9. The number of aromatic amines is 3. The van der Waals surface area contributed by atoms with Gasteiger partial charge in [0.05, 0.1) is 34.7 Å². The quantitative estimate of drug-likeness (QED) is 0.306. The largest absolute Gasteiger partial charge is 0.352 e. The van der Waals surface area contributed by atoms with Crippen LogP contribution in [0.25, 0.3) is 56.4 Å². The molecule has 1 saturated heterocycles. The molecule has 0 saturated carbocycles. The average Bonchev–Trinajstić information content (AvgIpc) is 3.59. The zero-order valence-electron chi connectivity index (χ0n) is 18.7. The molecular weight excluding hydrogens is 444 g/mol. The zero-order chi connectivity index (χ0) is 23.5. The summed E-state index contributed by atoms with van der Waals surface area (Å²) >= 11 is 0. The third-order valence-electron chi connectivity index (χ3n) is 6.12. The third kappa shape index (κ3) is 3.22. The standard InChI is InChI=1S/C23H20N12/c1-11-5-27-22(29-11)20-19-15(2-3-26-20)31-23(32-19)18-14-4-12(6-28-21(14)34-33-18)16-7-25-8-17(30-16)35-9-13(24)10-35/h2-8,13H,9-10,24H2,1H3,(H,27,29)(H,31,32)(H,28,33,34). The molecule has 0 atom stereocenters. The maximum atomic E-state index is 5.92. The Morgan fingerprint density at radius 3 is 2.77 bits per heavy atom. The fourth-order valence-electron chi connectivity index (χ4n) is 4.33. The summed E-state index contributed by atoms with van der Waals surface area (Å²) in [4.78, 5) is 36.1. The summed E-state index contributed by atoms with van der Waals surface area (Å²) in [6.45, 7) is 3.48. The Morgan fingerprint density at radius 2 is 1.94 bits per heavy atom. The van der Waals surface area contributed by atoms with E-state index in [0.717, 1.165) is 46.8 Å². The van der Waals surface area contributed by atoms with Crippen molar-refractivity contribution in [3.63, 3.8) is 0 Å². The van der Waals surface area contributed by atoms with Crippen LogP contribution < -0.4 is 10.6 Å². The van der Waals surface area contributed by atoms with E-state index in [2.05, 4.69) is 45.0 Å². The van der Waals surface area contributed by atoms with E-state index in [-0.39, 0.29) is 6.04 Å². The van der Waals surface area contributed by atoms with Crippen LogP contribution in [0.5, 0.6) is 0 Å². The highest BCUT2D eigenvalue weighted by molar-refractivity contribution is 5.95. The highest BCUT2D eigenvalue weighted by atomic mass is 15.3. The Bertz CT molecular complexity index is 1700. The van der Waals surface area contributed by atoms with Crippen molar-refractivity contribution in [1.29, 1.82) is 0 Å². The number of imidazole rings is 2. The number of nitrogens with two attached hydrogens (primary N) is 1. The predicted octanol–water partition coefficient (Wildman–Crippen LogP) is 2.20. The van der Waals surface area contributed by atoms with Gasteiger partial charge in [0.15, 0.2) is 17.3 Å². The second-order valence-corrected chi connectivity index (χ2v) is 8.65. The lowest BCUT2D eigenvalue weighted by Crippen LogP contribution is -2.56. The van der Waals surface area contributed by atoms with Gasteiger partial charge in [0.1, 0.15) is 22.7 Å². The molecule has 172 valence electrons. The normalized spacial score (nSPS) is 14.2. The van der Waals surface area contributed by atoms with Crippen LogP contribution in [0.2, 0.25) is 0 Å². The maximum Gasteiger partial charge on any atom is 0.159 e. The van der Waals surface area contributed by atoms with Gasteiger partial charge in [0, 0.05) is 43.3 Å². The van der Waals surface area contributed by atoms with Crippen LogP contribution in [-0.2, 0) is 0 Å². The van der Waals surface area contributed by atoms with Crippen molar-refractivity contribution in [1.82, 2.24) is 50.1 Å². The molecule has 7 rings (SSSR count). The van der Waals surface area contributed by atoms with Crippen molar-refractivity contribution in [2.45, 2.75) is 13.0 Å². The highest BCUT2D eigenvalue weighted by Crippen LogP contribution is 2.31. The molecule has 0 radical (unpaired) electrons. The van der Waals surface area contributed by atoms with E-state index in [9.17, 15) is 0 Å². The van der Waals surface area contributed by atoms with Crippen LogP contribution in [0.15, 0.2) is 43.1 Å². The summed E-state index contributed by atoms with van der Waals surface area (Å²) in [6, 6.07) is 4.06. The van der Waals surface area contributed by atoms with E-state index in [1.807, 2.05) is 25.3 Å². The number of anilines is 1. The Morgan fingerprint density at radius 1 is 1.03 bits per heavy atom. The first-order chi connectivity index (χ1) is 17.1. The van der Waals surface area contributed by atoms with Gasteiger partial charge >= 0.3 is 0 Å². The molecule has 0 bridgehead atoms. The number of fused-ring (bicyclic) bond motifs is 2. The van der Waals surface area contributed by atoms with E-state index < -0.39 is 0 Å². The van der Waals surface area contributed by atoms with Crippen LogP contribution in [0.3, 0.4) is 0 Å². The second kappa shape index (κ2) is 7.40. The molecule has 1 fully saturated rings. The lowest BCUT2D eigenvalue weighted by Gasteiger charge is -2.37. The van der Waals surface area contributed by atoms with Gasteiger partial charge < -0.3 is 20.6 Å². The van der Waals surface area contributed by atoms with Gasteiger partial charge in [-0.1, -0.05) is 0 Å². The van der Waals surface area contributed by atoms with Crippen molar-refractivity contribution < 1.29 is 0 Å². The minimum absolute atomic E-state index is 0.184. The van der Waals surface area contributed by atoms with Crippen molar-refractivity contribution in [2.24, 2.45) is 5.73 Å². The number of hydrogen-bond donors (Lipinski definition) is 4. The lowest BCUT2D eigenvalue weighted by molar-refractivity contribution is 0.514. The first kappa shape index (κ1) is 19.7. The summed E-state index contributed by atoms with van der Waals surface area (Å²) in [5.74, 6) is 2.09. The minimum atomic E-state index is 0.184. The van der Waals surface area contributed by atoms with Crippen LogP contribution in [0.4, 0.5) is 5.82 Å². The summed E-state index contributed by atoms with van der Waals surface area (Å²) < 4.78 is 0. The summed E-state index contributed by atoms with van der Waals surface area (Å²) in [7, 11) is 0. The van der Waals surface area contributed by atoms with Crippen molar-refractivity contribution in [3.8, 4) is 34.3 Å². The number of H-pyrrole nitrogens is 3. The lowest BCUT2D eigenvalue weighted by atomic mass is 10.1. The SMILES string of the molecule is Cc1c[nH]c(-c2nccc3[nH]c(-c4n[nH]c5ncc(-c6cncc(N7CC(N)C7)n6)cc45)nc23)n1. The third-order valence-corrected chi connectivity index (χ3v) is 6.12. The van der Waals surface area contributed by atoms with Crippen LogP contribution in [0.1, 0.15) is 5.69 Å². The van der Waals surface area contributed by atoms with Gasteiger partial charge in [-0.05, 0) is 19.1 Å². The topological polar surface area (TPSA) is 167 Å². The molecule has 1 aliphatic rings. The van der Waals surface area contributed by atoms with Crippen LogP contribution in [0, 0.1) is 6.92 Å². The molecule has 5 N–H and O–H groups in total. The molecule has 35 heavy (non-hydrogen) atoms. The Balaban J connectivity index is 1.31. The smallest absolute Gasteiger partial charge is 0.159 e. The van der Waals surface area contributed by atoms with E-state index in [0.29, 0.717) is 34.2 Å². The minimum Gasteiger partial charge on any atom is -0.352 e. The number of nitrogens with zero attached hydrogens (tertiary/aromatic N) is 8. The number of hydrogen-bond acceptors (Lipinski definition) is 9. The monoisotopic (exact) mass is 464 g/mol. The van der Waals surface area contributed by atoms with E-state index in [1.165, 1.54) is 0 Å². The zero-order valence-corrected chi connectivity index (χ0v) is 18.7. The highest BCUT2D eigenvalue weighted by Gasteiger charge is 2.25. The molecule has 6 aromatic heterocycles. The number of pyridine rings is 2. The molecule has 7 heterocycles. The molecule has 0 spiro atoms. The van der Waals surface area contributed by atoms with E-state index >= 15 is 0 Å². The Kier molecular flexibility index (Phi) is 4.17. The Labute approximate surface area is 198 Å². The molecule has 0 amide bonds. The van der Waals surface area contributed by atoms with Crippen molar-refractivity contribution >= 4 is 27.9 Å². The molecule has 6 aromatic rings. The number of aryl methyl sites for hydroxylation is 1. The van der Waals surface area contributed by atoms with E-state index in [4.69, 9.17) is 15.7 Å². The first-order valence-electron chi connectivity index (χ1n) is 11.2. The van der Waals surface area contributed by atoms with Crippen molar-refractivity contribution in [2.75, 3.05) is 18.0 Å². The fourth-order valence-corrected chi connectivity index (χ4v) is 4.33. The van der Waals surface area contributed by atoms with Gasteiger partial charge in [0.2, 0.25) is 0 Å². The first-order valence-corrected chi connectivity index (χ1v) is 11.2.